The average Bonchev–Trinajstić information content (AvgIpc) is 2.38. The number of aryl methyl sites for hydroxylation is 1. The number of anilines is 1. The molecule has 0 unspecified atom stereocenters. The van der Waals surface area contributed by atoms with Crippen molar-refractivity contribution in [2.24, 2.45) is 0 Å². The van der Waals surface area contributed by atoms with Crippen LogP contribution in [0.2, 0.25) is 0 Å². The molecule has 3 heteroatoms. The van der Waals surface area contributed by atoms with E-state index in [9.17, 15) is 0 Å². The van der Waals surface area contributed by atoms with Crippen LogP contribution in [0.3, 0.4) is 0 Å². The van der Waals surface area contributed by atoms with Crippen LogP contribution in [0, 0.1) is 6.92 Å². The van der Waals surface area contributed by atoms with Crippen molar-refractivity contribution in [2.75, 3.05) is 19.0 Å². The highest BCUT2D eigenvalue weighted by atomic mass is 15.2. The van der Waals surface area contributed by atoms with Crippen LogP contribution in [0.15, 0.2) is 18.3 Å². The quantitative estimate of drug-likeness (QED) is 0.868. The van der Waals surface area contributed by atoms with Crippen LogP contribution >= 0.6 is 0 Å². The summed E-state index contributed by atoms with van der Waals surface area (Å²) in [5.74, 6) is 1.11. The Kier molecular flexibility index (Phi) is 4.00. The summed E-state index contributed by atoms with van der Waals surface area (Å²) < 4.78 is 0. The molecule has 3 nitrogen and oxygen atoms in total. The van der Waals surface area contributed by atoms with Crippen LogP contribution in [0.4, 0.5) is 5.82 Å². The summed E-state index contributed by atoms with van der Waals surface area (Å²) in [6, 6.07) is 5.58. The van der Waals surface area contributed by atoms with Crippen molar-refractivity contribution in [2.45, 2.75) is 44.7 Å². The minimum absolute atomic E-state index is 0.647. The molecule has 1 saturated carbocycles. The van der Waals surface area contributed by atoms with Gasteiger partial charge in [-0.3, -0.25) is 0 Å². The van der Waals surface area contributed by atoms with Crippen molar-refractivity contribution in [3.8, 4) is 0 Å². The Bertz CT molecular complexity index is 356. The standard InChI is InChI=1S/C14H23N3/c1-11-8-9-16-14(10-11)17(3)13-6-4-12(15-2)5-7-13/h8-10,12-13,15H,4-7H2,1-3H3. The van der Waals surface area contributed by atoms with E-state index in [-0.39, 0.29) is 0 Å². The Morgan fingerprint density at radius 3 is 2.59 bits per heavy atom. The molecule has 0 aromatic carbocycles. The van der Waals surface area contributed by atoms with E-state index in [0.717, 1.165) is 5.82 Å². The predicted octanol–water partition coefficient (Wildman–Crippen LogP) is 2.36. The number of hydrogen-bond donors (Lipinski definition) is 1. The van der Waals surface area contributed by atoms with Crippen molar-refractivity contribution in [1.29, 1.82) is 0 Å². The van der Waals surface area contributed by atoms with Crippen molar-refractivity contribution in [1.82, 2.24) is 10.3 Å². The van der Waals surface area contributed by atoms with E-state index in [4.69, 9.17) is 0 Å². The second-order valence-electron chi connectivity index (χ2n) is 5.10. The van der Waals surface area contributed by atoms with E-state index in [0.29, 0.717) is 12.1 Å². The van der Waals surface area contributed by atoms with E-state index in [1.54, 1.807) is 0 Å². The minimum atomic E-state index is 0.647. The van der Waals surface area contributed by atoms with E-state index in [2.05, 4.69) is 48.4 Å². The third-order valence-electron chi connectivity index (χ3n) is 3.92. The Balaban J connectivity index is 1.99. The molecule has 0 aliphatic heterocycles. The second kappa shape index (κ2) is 5.50. The molecule has 0 saturated heterocycles. The molecular formula is C14H23N3. The molecule has 1 aromatic heterocycles. The van der Waals surface area contributed by atoms with Gasteiger partial charge >= 0.3 is 0 Å². The van der Waals surface area contributed by atoms with Gasteiger partial charge in [-0.05, 0) is 57.4 Å². The first-order valence-corrected chi connectivity index (χ1v) is 6.53. The monoisotopic (exact) mass is 233 g/mol. The molecule has 0 amide bonds. The fourth-order valence-electron chi connectivity index (χ4n) is 2.65. The fourth-order valence-corrected chi connectivity index (χ4v) is 2.65. The first kappa shape index (κ1) is 12.4. The van der Waals surface area contributed by atoms with Gasteiger partial charge in [-0.1, -0.05) is 0 Å². The van der Waals surface area contributed by atoms with Gasteiger partial charge in [0, 0.05) is 25.3 Å². The van der Waals surface area contributed by atoms with Crippen molar-refractivity contribution in [3.63, 3.8) is 0 Å². The van der Waals surface area contributed by atoms with Gasteiger partial charge in [0.2, 0.25) is 0 Å². The Morgan fingerprint density at radius 2 is 2.00 bits per heavy atom. The lowest BCUT2D eigenvalue weighted by molar-refractivity contribution is 0.350. The molecule has 1 aromatic rings. The zero-order valence-corrected chi connectivity index (χ0v) is 11.1. The minimum Gasteiger partial charge on any atom is -0.357 e. The van der Waals surface area contributed by atoms with E-state index in [1.165, 1.54) is 31.2 Å². The zero-order valence-electron chi connectivity index (χ0n) is 11.1. The summed E-state index contributed by atoms with van der Waals surface area (Å²) >= 11 is 0. The van der Waals surface area contributed by atoms with E-state index in [1.807, 2.05) is 6.20 Å². The number of nitrogens with zero attached hydrogens (tertiary/aromatic N) is 2. The molecule has 94 valence electrons. The number of nitrogens with one attached hydrogen (secondary N) is 1. The van der Waals surface area contributed by atoms with Crippen molar-refractivity contribution < 1.29 is 0 Å². The highest BCUT2D eigenvalue weighted by Gasteiger charge is 2.23. The van der Waals surface area contributed by atoms with Crippen LogP contribution < -0.4 is 10.2 Å². The first-order chi connectivity index (χ1) is 8.20. The summed E-state index contributed by atoms with van der Waals surface area (Å²) in [4.78, 5) is 6.81. The molecule has 1 aliphatic rings. The normalized spacial score (nSPS) is 24.6. The fraction of sp³-hybridized carbons (Fsp3) is 0.643. The maximum atomic E-state index is 4.46. The van der Waals surface area contributed by atoms with Crippen LogP contribution in [-0.2, 0) is 0 Å². The molecule has 1 aliphatic carbocycles. The molecule has 1 heterocycles. The van der Waals surface area contributed by atoms with Crippen molar-refractivity contribution >= 4 is 5.82 Å². The molecule has 1 N–H and O–H groups in total. The summed E-state index contributed by atoms with van der Waals surface area (Å²) in [5, 5.41) is 3.38. The first-order valence-electron chi connectivity index (χ1n) is 6.53. The maximum absolute atomic E-state index is 4.46. The van der Waals surface area contributed by atoms with Gasteiger partial charge in [-0.25, -0.2) is 4.98 Å². The summed E-state index contributed by atoms with van der Waals surface area (Å²) in [7, 11) is 4.24. The molecule has 17 heavy (non-hydrogen) atoms. The smallest absolute Gasteiger partial charge is 0.128 e. The van der Waals surface area contributed by atoms with Gasteiger partial charge in [-0.15, -0.1) is 0 Å². The Labute approximate surface area is 104 Å². The predicted molar refractivity (Wildman–Crippen MR) is 72.5 cm³/mol. The van der Waals surface area contributed by atoms with Gasteiger partial charge < -0.3 is 10.2 Å². The molecule has 0 bridgehead atoms. The Hall–Kier alpha value is -1.09. The number of hydrogen-bond acceptors (Lipinski definition) is 3. The summed E-state index contributed by atoms with van der Waals surface area (Å²) in [6.07, 6.45) is 6.98. The molecule has 0 atom stereocenters. The summed E-state index contributed by atoms with van der Waals surface area (Å²) in [5.41, 5.74) is 1.28. The largest absolute Gasteiger partial charge is 0.357 e. The van der Waals surface area contributed by atoms with Gasteiger partial charge in [0.05, 0.1) is 0 Å². The lowest BCUT2D eigenvalue weighted by Crippen LogP contribution is -2.40. The lowest BCUT2D eigenvalue weighted by atomic mass is 9.90. The van der Waals surface area contributed by atoms with Crippen LogP contribution in [0.5, 0.6) is 0 Å². The number of aromatic nitrogens is 1. The van der Waals surface area contributed by atoms with E-state index >= 15 is 0 Å². The second-order valence-corrected chi connectivity index (χ2v) is 5.10. The maximum Gasteiger partial charge on any atom is 0.128 e. The van der Waals surface area contributed by atoms with E-state index < -0.39 is 0 Å². The Morgan fingerprint density at radius 1 is 1.29 bits per heavy atom. The average molecular weight is 233 g/mol. The highest BCUT2D eigenvalue weighted by molar-refractivity contribution is 5.40. The van der Waals surface area contributed by atoms with Gasteiger partial charge in [0.25, 0.3) is 0 Å². The molecule has 2 rings (SSSR count). The van der Waals surface area contributed by atoms with Crippen molar-refractivity contribution in [3.05, 3.63) is 23.9 Å². The van der Waals surface area contributed by atoms with Crippen LogP contribution in [-0.4, -0.2) is 31.2 Å². The van der Waals surface area contributed by atoms with Gasteiger partial charge in [0.15, 0.2) is 0 Å². The number of pyridine rings is 1. The lowest BCUT2D eigenvalue weighted by Gasteiger charge is -2.35. The topological polar surface area (TPSA) is 28.2 Å². The number of rotatable bonds is 3. The summed E-state index contributed by atoms with van der Waals surface area (Å²) in [6.45, 7) is 2.12. The molecule has 0 radical (unpaired) electrons. The van der Waals surface area contributed by atoms with Crippen LogP contribution in [0.25, 0.3) is 0 Å². The van der Waals surface area contributed by atoms with Crippen LogP contribution in [0.1, 0.15) is 31.2 Å². The van der Waals surface area contributed by atoms with Gasteiger partial charge in [-0.2, -0.15) is 0 Å². The third kappa shape index (κ3) is 2.97. The third-order valence-corrected chi connectivity index (χ3v) is 3.92. The molecule has 1 fully saturated rings. The van der Waals surface area contributed by atoms with Gasteiger partial charge in [0.1, 0.15) is 5.82 Å². The highest BCUT2D eigenvalue weighted by Crippen LogP contribution is 2.25. The molecule has 0 spiro atoms. The SMILES string of the molecule is CNC1CCC(N(C)c2cc(C)ccn2)CC1. The zero-order chi connectivity index (χ0) is 12.3. The molecular weight excluding hydrogens is 210 g/mol.